The molecule has 1 aromatic heterocycles. The summed E-state index contributed by atoms with van der Waals surface area (Å²) < 4.78 is 1.39. The minimum absolute atomic E-state index is 0.0680. The van der Waals surface area contributed by atoms with Gasteiger partial charge in [-0.3, -0.25) is 14.9 Å². The molecular weight excluding hydrogens is 252 g/mol. The SMILES string of the molecule is CCCc1nn(C)c(NC(C)CC(=O)O)c1[N+](=O)[O-]. The van der Waals surface area contributed by atoms with Crippen LogP contribution in [-0.2, 0) is 18.3 Å². The maximum atomic E-state index is 11.1. The Kier molecular flexibility index (Phi) is 4.85. The van der Waals surface area contributed by atoms with Crippen LogP contribution in [0, 0.1) is 10.1 Å². The maximum absolute atomic E-state index is 11.1. The second-order valence-electron chi connectivity index (χ2n) is 4.42. The van der Waals surface area contributed by atoms with E-state index in [2.05, 4.69) is 10.4 Å². The highest BCUT2D eigenvalue weighted by atomic mass is 16.6. The number of aliphatic carboxylic acids is 1. The topological polar surface area (TPSA) is 110 Å². The van der Waals surface area contributed by atoms with Gasteiger partial charge in [0.2, 0.25) is 5.82 Å². The van der Waals surface area contributed by atoms with E-state index in [9.17, 15) is 14.9 Å². The van der Waals surface area contributed by atoms with Crippen molar-refractivity contribution in [3.8, 4) is 0 Å². The lowest BCUT2D eigenvalue weighted by Crippen LogP contribution is -2.21. The predicted molar refractivity (Wildman–Crippen MR) is 69.2 cm³/mol. The summed E-state index contributed by atoms with van der Waals surface area (Å²) in [5, 5.41) is 26.8. The fourth-order valence-corrected chi connectivity index (χ4v) is 1.87. The first-order valence-corrected chi connectivity index (χ1v) is 6.05. The monoisotopic (exact) mass is 270 g/mol. The molecule has 106 valence electrons. The molecule has 0 saturated heterocycles. The summed E-state index contributed by atoms with van der Waals surface area (Å²) in [4.78, 5) is 21.3. The van der Waals surface area contributed by atoms with Gasteiger partial charge in [0, 0.05) is 13.1 Å². The molecule has 0 bridgehead atoms. The molecule has 0 fully saturated rings. The van der Waals surface area contributed by atoms with Crippen molar-refractivity contribution in [1.82, 2.24) is 9.78 Å². The number of carboxylic acids is 1. The standard InChI is InChI=1S/C11H18N4O4/c1-4-5-8-10(15(18)19)11(14(3)13-8)12-7(2)6-9(16)17/h7,12H,4-6H2,1-3H3,(H,16,17). The molecule has 0 radical (unpaired) electrons. The van der Waals surface area contributed by atoms with Crippen LogP contribution in [0.1, 0.15) is 32.4 Å². The van der Waals surface area contributed by atoms with E-state index in [1.54, 1.807) is 14.0 Å². The third-order valence-corrected chi connectivity index (χ3v) is 2.63. The van der Waals surface area contributed by atoms with Gasteiger partial charge in [-0.25, -0.2) is 4.68 Å². The van der Waals surface area contributed by atoms with Crippen molar-refractivity contribution < 1.29 is 14.8 Å². The van der Waals surface area contributed by atoms with Crippen molar-refractivity contribution in [3.05, 3.63) is 15.8 Å². The number of hydrogen-bond acceptors (Lipinski definition) is 5. The molecule has 0 aliphatic heterocycles. The van der Waals surface area contributed by atoms with Gasteiger partial charge in [-0.2, -0.15) is 5.10 Å². The molecule has 1 atom stereocenters. The van der Waals surface area contributed by atoms with E-state index in [1.807, 2.05) is 6.92 Å². The molecule has 19 heavy (non-hydrogen) atoms. The Morgan fingerprint density at radius 1 is 1.63 bits per heavy atom. The third kappa shape index (κ3) is 3.67. The highest BCUT2D eigenvalue weighted by molar-refractivity contribution is 5.69. The lowest BCUT2D eigenvalue weighted by molar-refractivity contribution is -0.384. The molecule has 0 aliphatic carbocycles. The predicted octanol–water partition coefficient (Wildman–Crippen LogP) is 1.56. The molecule has 8 nitrogen and oxygen atoms in total. The van der Waals surface area contributed by atoms with Gasteiger partial charge in [-0.05, 0) is 13.3 Å². The summed E-state index contributed by atoms with van der Waals surface area (Å²) in [5.74, 6) is -0.708. The lowest BCUT2D eigenvalue weighted by Gasteiger charge is -2.12. The number of carboxylic acid groups (broad SMARTS) is 1. The Bertz CT molecular complexity index is 483. The van der Waals surface area contributed by atoms with Crippen LogP contribution in [0.25, 0.3) is 0 Å². The minimum Gasteiger partial charge on any atom is -0.481 e. The number of aryl methyl sites for hydroxylation is 2. The van der Waals surface area contributed by atoms with Crippen LogP contribution in [0.5, 0.6) is 0 Å². The zero-order valence-electron chi connectivity index (χ0n) is 11.2. The summed E-state index contributed by atoms with van der Waals surface area (Å²) in [6.07, 6.45) is 1.15. The van der Waals surface area contributed by atoms with Gasteiger partial charge in [0.15, 0.2) is 0 Å². The van der Waals surface area contributed by atoms with E-state index in [1.165, 1.54) is 4.68 Å². The summed E-state index contributed by atoms with van der Waals surface area (Å²) in [5.41, 5.74) is 0.349. The first-order chi connectivity index (χ1) is 8.86. The molecule has 0 aromatic carbocycles. The second-order valence-corrected chi connectivity index (χ2v) is 4.42. The molecule has 1 aromatic rings. The van der Waals surface area contributed by atoms with Crippen molar-refractivity contribution in [2.45, 2.75) is 39.2 Å². The molecule has 8 heteroatoms. The Morgan fingerprint density at radius 2 is 2.26 bits per heavy atom. The van der Waals surface area contributed by atoms with Gasteiger partial charge in [0.05, 0.1) is 11.3 Å². The van der Waals surface area contributed by atoms with Crippen LogP contribution in [0.15, 0.2) is 0 Å². The van der Waals surface area contributed by atoms with Gasteiger partial charge in [-0.1, -0.05) is 13.3 Å². The lowest BCUT2D eigenvalue weighted by atomic mass is 10.2. The molecule has 1 rings (SSSR count). The quantitative estimate of drug-likeness (QED) is 0.574. The summed E-state index contributed by atoms with van der Waals surface area (Å²) >= 11 is 0. The zero-order chi connectivity index (χ0) is 14.6. The fraction of sp³-hybridized carbons (Fsp3) is 0.636. The minimum atomic E-state index is -0.960. The first-order valence-electron chi connectivity index (χ1n) is 6.05. The van der Waals surface area contributed by atoms with Gasteiger partial charge < -0.3 is 10.4 Å². The average molecular weight is 270 g/mol. The first kappa shape index (κ1) is 14.9. The van der Waals surface area contributed by atoms with Crippen LogP contribution in [0.2, 0.25) is 0 Å². The zero-order valence-corrected chi connectivity index (χ0v) is 11.2. The molecule has 1 unspecified atom stereocenters. The normalized spacial score (nSPS) is 12.2. The number of nitrogens with one attached hydrogen (secondary N) is 1. The van der Waals surface area contributed by atoms with Gasteiger partial charge in [0.1, 0.15) is 5.69 Å². The van der Waals surface area contributed by atoms with E-state index in [-0.39, 0.29) is 17.9 Å². The van der Waals surface area contributed by atoms with E-state index >= 15 is 0 Å². The Morgan fingerprint density at radius 3 is 2.74 bits per heavy atom. The largest absolute Gasteiger partial charge is 0.481 e. The summed E-state index contributed by atoms with van der Waals surface area (Å²) in [6.45, 7) is 3.57. The Hall–Kier alpha value is -2.12. The van der Waals surface area contributed by atoms with Crippen LogP contribution < -0.4 is 5.32 Å². The number of nitro groups is 1. The molecular formula is C11H18N4O4. The number of aromatic nitrogens is 2. The van der Waals surface area contributed by atoms with Crippen LogP contribution in [0.3, 0.4) is 0 Å². The maximum Gasteiger partial charge on any atom is 0.333 e. The van der Waals surface area contributed by atoms with E-state index < -0.39 is 16.9 Å². The number of anilines is 1. The summed E-state index contributed by atoms with van der Waals surface area (Å²) in [7, 11) is 1.60. The van der Waals surface area contributed by atoms with Crippen LogP contribution in [0.4, 0.5) is 11.5 Å². The van der Waals surface area contributed by atoms with E-state index in [4.69, 9.17) is 5.11 Å². The molecule has 2 N–H and O–H groups in total. The van der Waals surface area contributed by atoms with Crippen molar-refractivity contribution in [2.24, 2.45) is 7.05 Å². The molecule has 0 aliphatic rings. The number of carbonyl (C=O) groups is 1. The third-order valence-electron chi connectivity index (χ3n) is 2.63. The van der Waals surface area contributed by atoms with Gasteiger partial charge in [-0.15, -0.1) is 0 Å². The van der Waals surface area contributed by atoms with E-state index in [0.29, 0.717) is 12.1 Å². The molecule has 0 amide bonds. The fourth-order valence-electron chi connectivity index (χ4n) is 1.87. The second kappa shape index (κ2) is 6.17. The number of rotatable bonds is 7. The van der Waals surface area contributed by atoms with Gasteiger partial charge in [0.25, 0.3) is 0 Å². The molecule has 1 heterocycles. The number of hydrogen-bond donors (Lipinski definition) is 2. The van der Waals surface area contributed by atoms with Gasteiger partial charge >= 0.3 is 11.7 Å². The average Bonchev–Trinajstić information content (AvgIpc) is 2.54. The smallest absolute Gasteiger partial charge is 0.333 e. The van der Waals surface area contributed by atoms with Crippen molar-refractivity contribution in [2.75, 3.05) is 5.32 Å². The Labute approximate surface area is 110 Å². The molecule has 0 spiro atoms. The number of nitrogens with zero attached hydrogens (tertiary/aromatic N) is 3. The summed E-state index contributed by atoms with van der Waals surface area (Å²) in [6, 6.07) is -0.416. The van der Waals surface area contributed by atoms with Crippen LogP contribution in [-0.4, -0.2) is 31.8 Å². The van der Waals surface area contributed by atoms with Crippen molar-refractivity contribution >= 4 is 17.5 Å². The van der Waals surface area contributed by atoms with Crippen molar-refractivity contribution in [1.29, 1.82) is 0 Å². The highest BCUT2D eigenvalue weighted by Crippen LogP contribution is 2.29. The van der Waals surface area contributed by atoms with Crippen LogP contribution >= 0.6 is 0 Å². The Balaban J connectivity index is 3.05. The van der Waals surface area contributed by atoms with E-state index in [0.717, 1.165) is 6.42 Å². The molecule has 0 saturated carbocycles. The van der Waals surface area contributed by atoms with Crippen molar-refractivity contribution in [3.63, 3.8) is 0 Å². The highest BCUT2D eigenvalue weighted by Gasteiger charge is 2.27.